The molecule has 1 aromatic carbocycles. The summed E-state index contributed by atoms with van der Waals surface area (Å²) in [4.78, 5) is 25.1. The van der Waals surface area contributed by atoms with Crippen molar-refractivity contribution in [2.24, 2.45) is 11.3 Å². The molecule has 0 unspecified atom stereocenters. The van der Waals surface area contributed by atoms with Gasteiger partial charge in [-0.05, 0) is 54.2 Å². The van der Waals surface area contributed by atoms with Crippen LogP contribution in [0.1, 0.15) is 73.5 Å². The van der Waals surface area contributed by atoms with Gasteiger partial charge in [-0.2, -0.15) is 0 Å². The molecular weight excluding hydrogens is 272 g/mol. The lowest BCUT2D eigenvalue weighted by Crippen LogP contribution is -2.52. The second kappa shape index (κ2) is 5.04. The molecule has 0 saturated heterocycles. The van der Waals surface area contributed by atoms with Crippen LogP contribution in [0.4, 0.5) is 0 Å². The van der Waals surface area contributed by atoms with Crippen LogP contribution in [0.5, 0.6) is 0 Å². The number of carbonyl (C=O) groups is 2. The van der Waals surface area contributed by atoms with Gasteiger partial charge in [0.2, 0.25) is 0 Å². The molecule has 0 aliphatic heterocycles. The number of rotatable bonds is 2. The summed E-state index contributed by atoms with van der Waals surface area (Å²) in [5.74, 6) is 0.381. The van der Waals surface area contributed by atoms with Gasteiger partial charge >= 0.3 is 0 Å². The maximum absolute atomic E-state index is 12.9. The van der Waals surface area contributed by atoms with E-state index in [9.17, 15) is 9.59 Å². The molecule has 1 aromatic rings. The van der Waals surface area contributed by atoms with Gasteiger partial charge in [-0.15, -0.1) is 0 Å². The minimum atomic E-state index is -0.456. The van der Waals surface area contributed by atoms with E-state index in [1.54, 1.807) is 0 Å². The molecule has 0 amide bonds. The first-order chi connectivity index (χ1) is 10.4. The number of hydrogen-bond donors (Lipinski definition) is 0. The summed E-state index contributed by atoms with van der Waals surface area (Å²) in [7, 11) is 0. The monoisotopic (exact) mass is 298 g/mol. The molecule has 0 bridgehead atoms. The Balaban J connectivity index is 2.30. The van der Waals surface area contributed by atoms with Crippen molar-refractivity contribution < 1.29 is 9.59 Å². The van der Waals surface area contributed by atoms with Gasteiger partial charge in [0.25, 0.3) is 0 Å². The summed E-state index contributed by atoms with van der Waals surface area (Å²) < 4.78 is 0. The van der Waals surface area contributed by atoms with Crippen LogP contribution >= 0.6 is 0 Å². The Morgan fingerprint density at radius 1 is 1.27 bits per heavy atom. The molecule has 0 heterocycles. The largest absolute Gasteiger partial charge is 0.302 e. The number of aldehydes is 1. The van der Waals surface area contributed by atoms with E-state index in [1.165, 1.54) is 11.8 Å². The van der Waals surface area contributed by atoms with Crippen molar-refractivity contribution in [2.45, 2.75) is 65.2 Å². The highest BCUT2D eigenvalue weighted by molar-refractivity contribution is 6.03. The first-order valence-electron chi connectivity index (χ1n) is 8.50. The van der Waals surface area contributed by atoms with Crippen LogP contribution in [0, 0.1) is 18.3 Å². The smallest absolute Gasteiger partial charge is 0.163 e. The summed E-state index contributed by atoms with van der Waals surface area (Å²) >= 11 is 0. The van der Waals surface area contributed by atoms with E-state index in [2.05, 4.69) is 39.8 Å². The zero-order chi connectivity index (χ0) is 16.1. The normalized spacial score (nSPS) is 29.6. The molecule has 2 heteroatoms. The van der Waals surface area contributed by atoms with Crippen molar-refractivity contribution >= 4 is 12.1 Å². The van der Waals surface area contributed by atoms with Gasteiger partial charge in [0, 0.05) is 12.0 Å². The highest BCUT2D eigenvalue weighted by Crippen LogP contribution is 2.56. The van der Waals surface area contributed by atoms with E-state index >= 15 is 0 Å². The van der Waals surface area contributed by atoms with Gasteiger partial charge in [-0.3, -0.25) is 4.79 Å². The summed E-state index contributed by atoms with van der Waals surface area (Å²) in [6, 6.07) is 4.16. The second-order valence-electron chi connectivity index (χ2n) is 7.82. The summed E-state index contributed by atoms with van der Waals surface area (Å²) in [5, 5.41) is 0. The number of fused-ring (bicyclic) bond motifs is 3. The maximum atomic E-state index is 12.9. The zero-order valence-electron chi connectivity index (χ0n) is 14.2. The van der Waals surface area contributed by atoms with Crippen LogP contribution in [0.25, 0.3) is 0 Å². The van der Waals surface area contributed by atoms with E-state index in [1.807, 2.05) is 0 Å². The molecule has 3 rings (SSSR count). The molecule has 22 heavy (non-hydrogen) atoms. The minimum Gasteiger partial charge on any atom is -0.302 e. The number of carbonyl (C=O) groups excluding carboxylic acids is 2. The number of hydrogen-bond acceptors (Lipinski definition) is 2. The third-order valence-corrected chi connectivity index (χ3v) is 6.26. The van der Waals surface area contributed by atoms with Crippen LogP contribution in [0.15, 0.2) is 12.1 Å². The number of Topliss-reactive ketones (excluding diaryl/α,β-unsaturated/α-hetero) is 1. The van der Waals surface area contributed by atoms with Crippen molar-refractivity contribution in [1.82, 2.24) is 0 Å². The molecule has 2 atom stereocenters. The van der Waals surface area contributed by atoms with Crippen LogP contribution < -0.4 is 0 Å². The molecule has 0 aromatic heterocycles. The van der Waals surface area contributed by atoms with E-state index in [-0.39, 0.29) is 17.1 Å². The van der Waals surface area contributed by atoms with E-state index < -0.39 is 5.41 Å². The topological polar surface area (TPSA) is 34.1 Å². The average Bonchev–Trinajstić information content (AvgIpc) is 2.48. The molecular formula is C20H26O2. The third kappa shape index (κ3) is 1.92. The Labute approximate surface area is 133 Å². The van der Waals surface area contributed by atoms with Gasteiger partial charge < -0.3 is 4.79 Å². The third-order valence-electron chi connectivity index (χ3n) is 6.26. The standard InChI is InChI=1S/C20H26O2/c1-5-14-13(2)7-8-15-18(14)16(22)11-17-19(3,4)9-6-10-20(15,17)12-21/h7-8,12,17H,5-6,9-11H2,1-4H3/t17-,20-/m0/s1. The molecule has 2 nitrogen and oxygen atoms in total. The van der Waals surface area contributed by atoms with Crippen molar-refractivity contribution in [2.75, 3.05) is 0 Å². The zero-order valence-corrected chi connectivity index (χ0v) is 14.2. The predicted octanol–water partition coefficient (Wildman–Crippen LogP) is 4.41. The van der Waals surface area contributed by atoms with E-state index in [0.29, 0.717) is 6.42 Å². The fourth-order valence-electron chi connectivity index (χ4n) is 5.07. The Morgan fingerprint density at radius 3 is 2.64 bits per heavy atom. The maximum Gasteiger partial charge on any atom is 0.163 e. The quantitative estimate of drug-likeness (QED) is 0.758. The second-order valence-corrected chi connectivity index (χ2v) is 7.82. The Morgan fingerprint density at radius 2 is 2.00 bits per heavy atom. The first-order valence-corrected chi connectivity index (χ1v) is 8.50. The molecule has 2 aliphatic carbocycles. The molecule has 2 aliphatic rings. The summed E-state index contributed by atoms with van der Waals surface area (Å²) in [6.07, 6.45) is 5.59. The lowest BCUT2D eigenvalue weighted by molar-refractivity contribution is -0.119. The van der Waals surface area contributed by atoms with Crippen molar-refractivity contribution in [3.8, 4) is 0 Å². The Hall–Kier alpha value is -1.44. The van der Waals surface area contributed by atoms with Gasteiger partial charge in [0.05, 0.1) is 5.41 Å². The molecule has 1 saturated carbocycles. The SMILES string of the molecule is CCc1c(C)ccc2c1C(=O)C[C@H]1C(C)(C)CCC[C@]21C=O. The van der Waals surface area contributed by atoms with Gasteiger partial charge in [0.15, 0.2) is 5.78 Å². The average molecular weight is 298 g/mol. The van der Waals surface area contributed by atoms with Gasteiger partial charge in [-0.1, -0.05) is 39.3 Å². The van der Waals surface area contributed by atoms with Crippen molar-refractivity contribution in [3.63, 3.8) is 0 Å². The Kier molecular flexibility index (Phi) is 3.54. The Bertz CT molecular complexity index is 641. The van der Waals surface area contributed by atoms with Crippen LogP contribution in [-0.2, 0) is 16.6 Å². The number of benzene rings is 1. The fourth-order valence-corrected chi connectivity index (χ4v) is 5.07. The van der Waals surface area contributed by atoms with Gasteiger partial charge in [-0.25, -0.2) is 0 Å². The number of aryl methyl sites for hydroxylation is 1. The highest BCUT2D eigenvalue weighted by Gasteiger charge is 2.54. The van der Waals surface area contributed by atoms with Crippen LogP contribution in [0.2, 0.25) is 0 Å². The molecule has 1 fully saturated rings. The minimum absolute atomic E-state index is 0.0454. The first kappa shape index (κ1) is 15.5. The summed E-state index contributed by atoms with van der Waals surface area (Å²) in [5.41, 5.74) is 3.78. The molecule has 118 valence electrons. The number of ketones is 1. The molecule has 0 spiro atoms. The molecule has 0 radical (unpaired) electrons. The fraction of sp³-hybridized carbons (Fsp3) is 0.600. The summed E-state index contributed by atoms with van der Waals surface area (Å²) in [6.45, 7) is 8.61. The lowest BCUT2D eigenvalue weighted by Gasteiger charge is -2.52. The lowest BCUT2D eigenvalue weighted by atomic mass is 9.49. The van der Waals surface area contributed by atoms with E-state index in [0.717, 1.165) is 42.4 Å². The van der Waals surface area contributed by atoms with Gasteiger partial charge in [0.1, 0.15) is 6.29 Å². The van der Waals surface area contributed by atoms with Crippen LogP contribution in [-0.4, -0.2) is 12.1 Å². The molecule has 0 N–H and O–H groups in total. The van der Waals surface area contributed by atoms with Crippen molar-refractivity contribution in [1.29, 1.82) is 0 Å². The predicted molar refractivity (Wildman–Crippen MR) is 88.4 cm³/mol. The van der Waals surface area contributed by atoms with Crippen molar-refractivity contribution in [3.05, 3.63) is 34.4 Å². The highest BCUT2D eigenvalue weighted by atomic mass is 16.1. The van der Waals surface area contributed by atoms with E-state index in [4.69, 9.17) is 0 Å². The van der Waals surface area contributed by atoms with Crippen LogP contribution in [0.3, 0.4) is 0 Å².